The summed E-state index contributed by atoms with van der Waals surface area (Å²) in [6.07, 6.45) is -5.05. The van der Waals surface area contributed by atoms with E-state index in [0.29, 0.717) is 6.42 Å². The minimum absolute atomic E-state index is 0.0167. The van der Waals surface area contributed by atoms with Crippen LogP contribution in [0.4, 0.5) is 18.9 Å². The molecule has 0 aromatic heterocycles. The Balaban J connectivity index is 1.86. The van der Waals surface area contributed by atoms with Crippen molar-refractivity contribution in [2.45, 2.75) is 32.0 Å². The minimum Gasteiger partial charge on any atom is -0.453 e. The Morgan fingerprint density at radius 2 is 1.77 bits per heavy atom. The molecule has 0 fully saturated rings. The van der Waals surface area contributed by atoms with E-state index in [1.807, 2.05) is 30.3 Å². The Morgan fingerprint density at radius 1 is 1.08 bits per heavy atom. The molecule has 2 aromatic rings. The first-order valence-corrected chi connectivity index (χ1v) is 7.97. The first-order chi connectivity index (χ1) is 12.3. The zero-order chi connectivity index (χ0) is 19.2. The van der Waals surface area contributed by atoms with E-state index in [9.17, 15) is 22.8 Å². The predicted molar refractivity (Wildman–Crippen MR) is 90.4 cm³/mol. The number of rotatable bonds is 6. The van der Waals surface area contributed by atoms with Gasteiger partial charge in [0.1, 0.15) is 0 Å². The monoisotopic (exact) mass is 365 g/mol. The number of esters is 1. The Labute approximate surface area is 149 Å². The second kappa shape index (κ2) is 8.51. The van der Waals surface area contributed by atoms with Gasteiger partial charge in [0.25, 0.3) is 5.91 Å². The fourth-order valence-electron chi connectivity index (χ4n) is 2.22. The second-order valence-electron chi connectivity index (χ2n) is 5.69. The third-order valence-electron chi connectivity index (χ3n) is 3.60. The smallest absolute Gasteiger partial charge is 0.416 e. The summed E-state index contributed by atoms with van der Waals surface area (Å²) in [5, 5.41) is 2.32. The van der Waals surface area contributed by atoms with Crippen LogP contribution < -0.4 is 5.32 Å². The summed E-state index contributed by atoms with van der Waals surface area (Å²) in [6, 6.07) is 13.6. The Hall–Kier alpha value is -2.83. The van der Waals surface area contributed by atoms with Gasteiger partial charge in [-0.05, 0) is 37.1 Å². The van der Waals surface area contributed by atoms with Crippen molar-refractivity contribution in [1.82, 2.24) is 0 Å². The molecule has 2 aromatic carbocycles. The van der Waals surface area contributed by atoms with Crippen LogP contribution in [0.25, 0.3) is 0 Å². The van der Waals surface area contributed by atoms with E-state index >= 15 is 0 Å². The molecule has 1 N–H and O–H groups in total. The molecule has 0 saturated heterocycles. The van der Waals surface area contributed by atoms with Crippen LogP contribution in [0.5, 0.6) is 0 Å². The summed E-state index contributed by atoms with van der Waals surface area (Å²) in [7, 11) is 0. The zero-order valence-corrected chi connectivity index (χ0v) is 14.0. The third kappa shape index (κ3) is 5.91. The molecule has 26 heavy (non-hydrogen) atoms. The molecule has 0 radical (unpaired) electrons. The van der Waals surface area contributed by atoms with Gasteiger partial charge in [0.15, 0.2) is 6.10 Å². The van der Waals surface area contributed by atoms with E-state index in [1.54, 1.807) is 0 Å². The number of hydrogen-bond acceptors (Lipinski definition) is 3. The molecule has 1 amide bonds. The van der Waals surface area contributed by atoms with Gasteiger partial charge in [0.05, 0.1) is 5.56 Å². The lowest BCUT2D eigenvalue weighted by atomic mass is 10.1. The van der Waals surface area contributed by atoms with Crippen molar-refractivity contribution >= 4 is 17.6 Å². The number of benzene rings is 2. The maximum Gasteiger partial charge on any atom is 0.416 e. The highest BCUT2D eigenvalue weighted by Crippen LogP contribution is 2.30. The van der Waals surface area contributed by atoms with E-state index in [4.69, 9.17) is 4.74 Å². The molecule has 2 rings (SSSR count). The van der Waals surface area contributed by atoms with Crippen molar-refractivity contribution in [3.8, 4) is 0 Å². The van der Waals surface area contributed by atoms with Crippen LogP contribution in [0.3, 0.4) is 0 Å². The number of ether oxygens (including phenoxy) is 1. The Bertz CT molecular complexity index is 760. The van der Waals surface area contributed by atoms with Gasteiger partial charge in [-0.25, -0.2) is 0 Å². The minimum atomic E-state index is -4.50. The molecule has 0 bridgehead atoms. The van der Waals surface area contributed by atoms with Crippen LogP contribution in [-0.2, 0) is 26.9 Å². The van der Waals surface area contributed by atoms with Gasteiger partial charge >= 0.3 is 12.1 Å². The first kappa shape index (κ1) is 19.5. The highest BCUT2D eigenvalue weighted by molar-refractivity contribution is 5.95. The molecule has 0 aliphatic rings. The predicted octanol–water partition coefficient (Wildman–Crippen LogP) is 4.21. The maximum absolute atomic E-state index is 12.7. The fourth-order valence-corrected chi connectivity index (χ4v) is 2.22. The topological polar surface area (TPSA) is 55.4 Å². The third-order valence-corrected chi connectivity index (χ3v) is 3.60. The number of aryl methyl sites for hydroxylation is 1. The lowest BCUT2D eigenvalue weighted by Gasteiger charge is -2.14. The second-order valence-corrected chi connectivity index (χ2v) is 5.69. The maximum atomic E-state index is 12.7. The molecular formula is C19H18F3NO3. The fraction of sp³-hybridized carbons (Fsp3) is 0.263. The van der Waals surface area contributed by atoms with Crippen LogP contribution in [-0.4, -0.2) is 18.0 Å². The van der Waals surface area contributed by atoms with Crippen molar-refractivity contribution in [2.75, 3.05) is 5.32 Å². The van der Waals surface area contributed by atoms with Crippen molar-refractivity contribution in [2.24, 2.45) is 0 Å². The molecule has 7 heteroatoms. The van der Waals surface area contributed by atoms with E-state index in [2.05, 4.69) is 5.32 Å². The summed E-state index contributed by atoms with van der Waals surface area (Å²) < 4.78 is 43.1. The SMILES string of the molecule is CC(OC(=O)CCc1ccccc1)C(=O)Nc1cccc(C(F)(F)F)c1. The highest BCUT2D eigenvalue weighted by atomic mass is 19.4. The van der Waals surface area contributed by atoms with Crippen LogP contribution >= 0.6 is 0 Å². The highest BCUT2D eigenvalue weighted by Gasteiger charge is 2.30. The van der Waals surface area contributed by atoms with Crippen LogP contribution in [0.15, 0.2) is 54.6 Å². The molecule has 0 saturated carbocycles. The summed E-state index contributed by atoms with van der Waals surface area (Å²) >= 11 is 0. The molecule has 1 unspecified atom stereocenters. The van der Waals surface area contributed by atoms with Crippen molar-refractivity contribution < 1.29 is 27.5 Å². The normalized spacial score (nSPS) is 12.3. The van der Waals surface area contributed by atoms with Crippen LogP contribution in [0.2, 0.25) is 0 Å². The molecule has 0 spiro atoms. The molecule has 0 heterocycles. The number of alkyl halides is 3. The Kier molecular flexibility index (Phi) is 6.38. The lowest BCUT2D eigenvalue weighted by molar-refractivity contribution is -0.153. The molecular weight excluding hydrogens is 347 g/mol. The van der Waals surface area contributed by atoms with Crippen molar-refractivity contribution in [3.05, 3.63) is 65.7 Å². The number of halogens is 3. The number of carbonyl (C=O) groups excluding carboxylic acids is 2. The van der Waals surface area contributed by atoms with Gasteiger partial charge in [0.2, 0.25) is 0 Å². The van der Waals surface area contributed by atoms with Gasteiger partial charge in [-0.2, -0.15) is 13.2 Å². The zero-order valence-electron chi connectivity index (χ0n) is 14.0. The van der Waals surface area contributed by atoms with Gasteiger partial charge in [0, 0.05) is 12.1 Å². The molecule has 0 aliphatic carbocycles. The average Bonchev–Trinajstić information content (AvgIpc) is 2.60. The van der Waals surface area contributed by atoms with E-state index in [0.717, 1.165) is 17.7 Å². The van der Waals surface area contributed by atoms with E-state index in [-0.39, 0.29) is 12.1 Å². The number of amides is 1. The van der Waals surface area contributed by atoms with E-state index < -0.39 is 29.7 Å². The average molecular weight is 365 g/mol. The summed E-state index contributed by atoms with van der Waals surface area (Å²) in [6.45, 7) is 1.36. The molecule has 4 nitrogen and oxygen atoms in total. The summed E-state index contributed by atoms with van der Waals surface area (Å²) in [5.41, 5.74) is 0.0744. The lowest BCUT2D eigenvalue weighted by Crippen LogP contribution is -2.30. The van der Waals surface area contributed by atoms with Gasteiger partial charge in [-0.15, -0.1) is 0 Å². The quantitative estimate of drug-likeness (QED) is 0.781. The number of anilines is 1. The largest absolute Gasteiger partial charge is 0.453 e. The van der Waals surface area contributed by atoms with Crippen molar-refractivity contribution in [3.63, 3.8) is 0 Å². The Morgan fingerprint density at radius 3 is 2.42 bits per heavy atom. The van der Waals surface area contributed by atoms with Crippen molar-refractivity contribution in [1.29, 1.82) is 0 Å². The van der Waals surface area contributed by atoms with Gasteiger partial charge < -0.3 is 10.1 Å². The first-order valence-electron chi connectivity index (χ1n) is 7.97. The van der Waals surface area contributed by atoms with Gasteiger partial charge in [-0.3, -0.25) is 9.59 Å². The number of hydrogen-bond donors (Lipinski definition) is 1. The standard InChI is InChI=1S/C19H18F3NO3/c1-13(26-17(24)11-10-14-6-3-2-4-7-14)18(25)23-16-9-5-8-15(12-16)19(20,21)22/h2-9,12-13H,10-11H2,1H3,(H,23,25). The van der Waals surface area contributed by atoms with E-state index in [1.165, 1.54) is 19.1 Å². The van der Waals surface area contributed by atoms with Crippen LogP contribution in [0.1, 0.15) is 24.5 Å². The molecule has 0 aliphatic heterocycles. The summed E-state index contributed by atoms with van der Waals surface area (Å²) in [5.74, 6) is -1.25. The van der Waals surface area contributed by atoms with Gasteiger partial charge in [-0.1, -0.05) is 36.4 Å². The number of nitrogens with one attached hydrogen (secondary N) is 1. The summed E-state index contributed by atoms with van der Waals surface area (Å²) in [4.78, 5) is 23.8. The molecule has 138 valence electrons. The van der Waals surface area contributed by atoms with Crippen LogP contribution in [0, 0.1) is 0 Å². The molecule has 1 atom stereocenters. The number of carbonyl (C=O) groups is 2.